The van der Waals surface area contributed by atoms with Crippen LogP contribution in [0, 0.1) is 0 Å². The van der Waals surface area contributed by atoms with Crippen LogP contribution >= 0.6 is 11.8 Å². The third kappa shape index (κ3) is 3.70. The summed E-state index contributed by atoms with van der Waals surface area (Å²) in [5, 5.41) is 2.90. The molecular weight excluding hydrogens is 198 g/mol. The van der Waals surface area contributed by atoms with Gasteiger partial charge in [0.25, 0.3) is 0 Å². The van der Waals surface area contributed by atoms with E-state index in [0.717, 1.165) is 31.4 Å². The van der Waals surface area contributed by atoms with Gasteiger partial charge < -0.3 is 5.32 Å². The van der Waals surface area contributed by atoms with Crippen LogP contribution in [0.4, 0.5) is 0 Å². The highest BCUT2D eigenvalue weighted by Crippen LogP contribution is 2.19. The fourth-order valence-corrected chi connectivity index (χ4v) is 2.36. The molecular formula is C10H17NO2S. The Hall–Kier alpha value is -0.510. The average molecular weight is 215 g/mol. The topological polar surface area (TPSA) is 46.2 Å². The molecule has 0 aromatic heterocycles. The van der Waals surface area contributed by atoms with Crippen LogP contribution in [0.3, 0.4) is 0 Å². The number of amides is 1. The van der Waals surface area contributed by atoms with Gasteiger partial charge in [-0.2, -0.15) is 0 Å². The number of unbranched alkanes of at least 4 members (excludes halogenated alkanes) is 2. The monoisotopic (exact) mass is 215 g/mol. The van der Waals surface area contributed by atoms with Crippen LogP contribution in [0.2, 0.25) is 0 Å². The average Bonchev–Trinajstić information content (AvgIpc) is 2.52. The number of nitrogens with one attached hydrogen (secondary N) is 1. The van der Waals surface area contributed by atoms with Crippen LogP contribution in [0.25, 0.3) is 0 Å². The molecule has 0 bridgehead atoms. The zero-order valence-electron chi connectivity index (χ0n) is 8.54. The first-order valence-electron chi connectivity index (χ1n) is 5.20. The Kier molecular flexibility index (Phi) is 5.01. The molecule has 0 unspecified atom stereocenters. The van der Waals surface area contributed by atoms with Gasteiger partial charge in [0.1, 0.15) is 0 Å². The number of carbonyl (C=O) groups is 2. The molecule has 1 amide bonds. The third-order valence-corrected chi connectivity index (χ3v) is 3.29. The quantitative estimate of drug-likeness (QED) is 0.710. The number of rotatable bonds is 5. The third-order valence-electron chi connectivity index (χ3n) is 2.28. The van der Waals surface area contributed by atoms with Gasteiger partial charge in [-0.3, -0.25) is 9.59 Å². The highest BCUT2D eigenvalue weighted by molar-refractivity contribution is 8.14. The molecule has 1 saturated heterocycles. The zero-order valence-corrected chi connectivity index (χ0v) is 9.36. The van der Waals surface area contributed by atoms with Gasteiger partial charge in [0.15, 0.2) is 0 Å². The van der Waals surface area contributed by atoms with Crippen molar-refractivity contribution in [2.24, 2.45) is 0 Å². The minimum atomic E-state index is -0.214. The van der Waals surface area contributed by atoms with E-state index < -0.39 is 0 Å². The summed E-state index contributed by atoms with van der Waals surface area (Å²) in [7, 11) is 0. The van der Waals surface area contributed by atoms with Gasteiger partial charge in [-0.05, 0) is 12.8 Å². The van der Waals surface area contributed by atoms with E-state index in [0.29, 0.717) is 6.42 Å². The van der Waals surface area contributed by atoms with E-state index in [1.807, 2.05) is 0 Å². The lowest BCUT2D eigenvalue weighted by Gasteiger charge is -2.09. The number of hydrogen-bond donors (Lipinski definition) is 1. The Balaban J connectivity index is 2.16. The molecule has 0 aromatic rings. The number of hydrogen-bond acceptors (Lipinski definition) is 3. The second kappa shape index (κ2) is 6.06. The van der Waals surface area contributed by atoms with E-state index in [1.165, 1.54) is 11.8 Å². The first kappa shape index (κ1) is 11.6. The van der Waals surface area contributed by atoms with Gasteiger partial charge in [0, 0.05) is 12.2 Å². The fourth-order valence-electron chi connectivity index (χ4n) is 1.43. The van der Waals surface area contributed by atoms with Gasteiger partial charge in [-0.15, -0.1) is 0 Å². The minimum absolute atomic E-state index is 0.0271. The highest BCUT2D eigenvalue weighted by atomic mass is 32.2. The Morgan fingerprint density at radius 2 is 2.36 bits per heavy atom. The predicted molar refractivity (Wildman–Crippen MR) is 58.2 cm³/mol. The van der Waals surface area contributed by atoms with Crippen molar-refractivity contribution in [3.05, 3.63) is 0 Å². The molecule has 1 atom stereocenters. The van der Waals surface area contributed by atoms with Crippen LogP contribution in [0.1, 0.15) is 39.0 Å². The van der Waals surface area contributed by atoms with Crippen molar-refractivity contribution in [2.75, 3.05) is 5.75 Å². The fraction of sp³-hybridized carbons (Fsp3) is 0.800. The molecule has 0 aromatic carbocycles. The molecule has 3 nitrogen and oxygen atoms in total. The Bertz CT molecular complexity index is 218. The van der Waals surface area contributed by atoms with Crippen molar-refractivity contribution in [2.45, 2.75) is 45.1 Å². The number of carbonyl (C=O) groups excluding carboxylic acids is 2. The molecule has 1 N–H and O–H groups in total. The second-order valence-electron chi connectivity index (χ2n) is 3.53. The van der Waals surface area contributed by atoms with Crippen LogP contribution in [0.5, 0.6) is 0 Å². The molecule has 1 aliphatic rings. The minimum Gasteiger partial charge on any atom is -0.345 e. The van der Waals surface area contributed by atoms with E-state index in [2.05, 4.69) is 12.2 Å². The van der Waals surface area contributed by atoms with Gasteiger partial charge in [0.05, 0.1) is 6.04 Å². The highest BCUT2D eigenvalue weighted by Gasteiger charge is 2.26. The summed E-state index contributed by atoms with van der Waals surface area (Å²) in [6.07, 6.45) is 4.48. The zero-order chi connectivity index (χ0) is 10.4. The molecule has 0 spiro atoms. The van der Waals surface area contributed by atoms with Crippen molar-refractivity contribution in [1.29, 1.82) is 0 Å². The van der Waals surface area contributed by atoms with E-state index in [4.69, 9.17) is 0 Å². The van der Waals surface area contributed by atoms with Gasteiger partial charge in [0.2, 0.25) is 11.0 Å². The van der Waals surface area contributed by atoms with Crippen LogP contribution < -0.4 is 5.32 Å². The maximum absolute atomic E-state index is 11.3. The normalized spacial score (nSPS) is 21.2. The molecule has 1 fully saturated rings. The molecule has 1 rings (SSSR count). The van der Waals surface area contributed by atoms with E-state index >= 15 is 0 Å². The van der Waals surface area contributed by atoms with Crippen molar-refractivity contribution >= 4 is 22.8 Å². The van der Waals surface area contributed by atoms with Gasteiger partial charge in [-0.25, -0.2) is 0 Å². The molecule has 0 aliphatic carbocycles. The van der Waals surface area contributed by atoms with Crippen LogP contribution in [-0.4, -0.2) is 22.8 Å². The molecule has 0 radical (unpaired) electrons. The SMILES string of the molecule is CCCCCC(=O)N[C@@H]1CCSC1=O. The maximum atomic E-state index is 11.3. The van der Waals surface area contributed by atoms with Crippen molar-refractivity contribution in [1.82, 2.24) is 5.32 Å². The summed E-state index contributed by atoms with van der Waals surface area (Å²) in [6, 6.07) is -0.214. The van der Waals surface area contributed by atoms with Crippen molar-refractivity contribution < 1.29 is 9.59 Å². The maximum Gasteiger partial charge on any atom is 0.220 e. The smallest absolute Gasteiger partial charge is 0.220 e. The lowest BCUT2D eigenvalue weighted by Crippen LogP contribution is -2.36. The largest absolute Gasteiger partial charge is 0.345 e. The first-order chi connectivity index (χ1) is 6.74. The Labute approximate surface area is 89.0 Å². The Morgan fingerprint density at radius 1 is 1.57 bits per heavy atom. The molecule has 80 valence electrons. The summed E-state index contributed by atoms with van der Waals surface area (Å²) in [5.74, 6) is 0.873. The van der Waals surface area contributed by atoms with Gasteiger partial charge >= 0.3 is 0 Å². The molecule has 1 aliphatic heterocycles. The van der Waals surface area contributed by atoms with Crippen LogP contribution in [-0.2, 0) is 9.59 Å². The van der Waals surface area contributed by atoms with E-state index in [1.54, 1.807) is 0 Å². The summed E-state index contributed by atoms with van der Waals surface area (Å²) < 4.78 is 0. The second-order valence-corrected chi connectivity index (χ2v) is 4.63. The van der Waals surface area contributed by atoms with E-state index in [-0.39, 0.29) is 17.1 Å². The van der Waals surface area contributed by atoms with E-state index in [9.17, 15) is 9.59 Å². The molecule has 1 heterocycles. The lowest BCUT2D eigenvalue weighted by molar-refractivity contribution is -0.124. The summed E-state index contributed by atoms with van der Waals surface area (Å²) >= 11 is 1.32. The Morgan fingerprint density at radius 3 is 2.93 bits per heavy atom. The molecule has 0 saturated carbocycles. The predicted octanol–water partition coefficient (Wildman–Crippen LogP) is 1.71. The molecule has 4 heteroatoms. The summed E-state index contributed by atoms with van der Waals surface area (Å²) in [5.41, 5.74) is 0. The molecule has 14 heavy (non-hydrogen) atoms. The summed E-state index contributed by atoms with van der Waals surface area (Å²) in [4.78, 5) is 22.5. The van der Waals surface area contributed by atoms with Gasteiger partial charge in [-0.1, -0.05) is 31.5 Å². The van der Waals surface area contributed by atoms with Crippen molar-refractivity contribution in [3.8, 4) is 0 Å². The number of thioether (sulfide) groups is 1. The lowest BCUT2D eigenvalue weighted by atomic mass is 10.2. The standard InChI is InChI=1S/C10H17NO2S/c1-2-3-4-5-9(12)11-8-6-7-14-10(8)13/h8H,2-7H2,1H3,(H,11,12)/t8-/m1/s1. The summed E-state index contributed by atoms with van der Waals surface area (Å²) in [6.45, 7) is 2.11. The van der Waals surface area contributed by atoms with Crippen LogP contribution in [0.15, 0.2) is 0 Å². The first-order valence-corrected chi connectivity index (χ1v) is 6.18. The van der Waals surface area contributed by atoms with Crippen molar-refractivity contribution in [3.63, 3.8) is 0 Å².